The third-order valence-corrected chi connectivity index (χ3v) is 4.32. The fourth-order valence-corrected chi connectivity index (χ4v) is 2.85. The topological polar surface area (TPSA) is 62.1 Å². The Kier molecular flexibility index (Phi) is 6.62. The van der Waals surface area contributed by atoms with Crippen molar-refractivity contribution in [1.29, 1.82) is 5.26 Å². The number of para-hydroxylation sites is 1. The van der Waals surface area contributed by atoms with Gasteiger partial charge in [-0.1, -0.05) is 48.0 Å². The minimum absolute atomic E-state index is 0.240. The summed E-state index contributed by atoms with van der Waals surface area (Å²) in [5.74, 6) is -0.324. The molecule has 0 radical (unpaired) electrons. The lowest BCUT2D eigenvalue weighted by Crippen LogP contribution is -2.20. The Labute approximate surface area is 172 Å². The number of ether oxygens (including phenoxy) is 1. The zero-order valence-corrected chi connectivity index (χ0v) is 16.0. The summed E-state index contributed by atoms with van der Waals surface area (Å²) in [5.41, 5.74) is 2.10. The lowest BCUT2D eigenvalue weighted by atomic mass is 10.0. The highest BCUT2D eigenvalue weighted by Crippen LogP contribution is 2.28. The highest BCUT2D eigenvalue weighted by molar-refractivity contribution is 6.32. The quantitative estimate of drug-likeness (QED) is 0.430. The molecule has 0 atom stereocenters. The summed E-state index contributed by atoms with van der Waals surface area (Å²) in [4.78, 5) is 12.1. The first-order chi connectivity index (χ1) is 14.1. The number of halogens is 2. The van der Waals surface area contributed by atoms with Gasteiger partial charge in [-0.25, -0.2) is 4.39 Å². The fraction of sp³-hybridized carbons (Fsp3) is 0.0435. The van der Waals surface area contributed by atoms with Crippen LogP contribution in [0, 0.1) is 17.1 Å². The number of rotatable bonds is 6. The number of nitriles is 1. The number of nitrogens with zero attached hydrogens (tertiary/aromatic N) is 1. The Hall–Kier alpha value is -3.62. The number of carbonyl (C=O) groups excluding carboxylic acids is 1. The van der Waals surface area contributed by atoms with Gasteiger partial charge in [-0.05, 0) is 42.5 Å². The Morgan fingerprint density at radius 1 is 1.07 bits per heavy atom. The third kappa shape index (κ3) is 5.44. The Morgan fingerprint density at radius 2 is 1.76 bits per heavy atom. The van der Waals surface area contributed by atoms with Gasteiger partial charge in [-0.2, -0.15) is 5.26 Å². The molecule has 0 aliphatic heterocycles. The average molecular weight is 407 g/mol. The molecule has 0 aliphatic carbocycles. The van der Waals surface area contributed by atoms with Crippen molar-refractivity contribution in [2.45, 2.75) is 0 Å². The van der Waals surface area contributed by atoms with Gasteiger partial charge in [0.15, 0.2) is 6.61 Å². The molecule has 3 aromatic carbocycles. The largest absolute Gasteiger partial charge is 0.483 e. The van der Waals surface area contributed by atoms with E-state index in [-0.39, 0.29) is 18.3 Å². The molecule has 0 unspecified atom stereocenters. The summed E-state index contributed by atoms with van der Waals surface area (Å²) in [6, 6.07) is 21.7. The van der Waals surface area contributed by atoms with Gasteiger partial charge in [0.05, 0.1) is 11.6 Å². The van der Waals surface area contributed by atoms with Gasteiger partial charge in [0.25, 0.3) is 5.91 Å². The molecule has 0 saturated heterocycles. The average Bonchev–Trinajstić information content (AvgIpc) is 2.73. The molecule has 0 fully saturated rings. The number of benzene rings is 3. The van der Waals surface area contributed by atoms with E-state index in [2.05, 4.69) is 11.4 Å². The van der Waals surface area contributed by atoms with Gasteiger partial charge in [-0.15, -0.1) is 0 Å². The maximum atomic E-state index is 12.9. The summed E-state index contributed by atoms with van der Waals surface area (Å²) in [5, 5.41) is 12.6. The lowest BCUT2D eigenvalue weighted by Gasteiger charge is -2.10. The van der Waals surface area contributed by atoms with Crippen LogP contribution in [0.4, 0.5) is 10.1 Å². The number of anilines is 1. The molecule has 6 heteroatoms. The van der Waals surface area contributed by atoms with Crippen molar-refractivity contribution in [2.75, 3.05) is 11.9 Å². The molecular formula is C23H16ClFN2O2. The van der Waals surface area contributed by atoms with Crippen molar-refractivity contribution >= 4 is 34.8 Å². The molecule has 4 nitrogen and oxygen atoms in total. The van der Waals surface area contributed by atoms with Crippen LogP contribution in [0.5, 0.6) is 5.75 Å². The standard InChI is InChI=1S/C23H16ClFN2O2/c24-21-7-3-2-6-20(21)17(14-26)13-16-5-1-4-8-22(16)29-15-23(28)27-19-11-9-18(25)10-12-19/h1-13H,15H2,(H,27,28). The van der Waals surface area contributed by atoms with Crippen LogP contribution in [-0.2, 0) is 4.79 Å². The fourth-order valence-electron chi connectivity index (χ4n) is 2.61. The van der Waals surface area contributed by atoms with Crippen LogP contribution in [0.25, 0.3) is 11.6 Å². The maximum Gasteiger partial charge on any atom is 0.262 e. The maximum absolute atomic E-state index is 12.9. The van der Waals surface area contributed by atoms with Crippen LogP contribution in [-0.4, -0.2) is 12.5 Å². The minimum Gasteiger partial charge on any atom is -0.483 e. The monoisotopic (exact) mass is 406 g/mol. The molecule has 3 rings (SSSR count). The Balaban J connectivity index is 1.75. The first-order valence-corrected chi connectivity index (χ1v) is 9.08. The molecule has 3 aromatic rings. The normalized spacial score (nSPS) is 10.9. The predicted molar refractivity (Wildman–Crippen MR) is 112 cm³/mol. The van der Waals surface area contributed by atoms with Crippen molar-refractivity contribution in [3.8, 4) is 11.8 Å². The van der Waals surface area contributed by atoms with Crippen LogP contribution < -0.4 is 10.1 Å². The summed E-state index contributed by atoms with van der Waals surface area (Å²) in [6.07, 6.45) is 1.66. The number of allylic oxidation sites excluding steroid dienone is 1. The minimum atomic E-state index is -0.387. The number of hydrogen-bond donors (Lipinski definition) is 1. The van der Waals surface area contributed by atoms with E-state index in [0.717, 1.165) is 0 Å². The number of nitrogens with one attached hydrogen (secondary N) is 1. The van der Waals surface area contributed by atoms with E-state index < -0.39 is 0 Å². The van der Waals surface area contributed by atoms with Crippen LogP contribution in [0.15, 0.2) is 72.8 Å². The smallest absolute Gasteiger partial charge is 0.262 e. The molecule has 0 heterocycles. The summed E-state index contributed by atoms with van der Waals surface area (Å²) < 4.78 is 18.6. The van der Waals surface area contributed by atoms with Gasteiger partial charge in [0.1, 0.15) is 11.6 Å². The predicted octanol–water partition coefficient (Wildman–Crippen LogP) is 5.56. The van der Waals surface area contributed by atoms with Crippen molar-refractivity contribution in [1.82, 2.24) is 0 Å². The Morgan fingerprint density at radius 3 is 2.48 bits per heavy atom. The molecule has 29 heavy (non-hydrogen) atoms. The van der Waals surface area contributed by atoms with Gasteiger partial charge in [0.2, 0.25) is 0 Å². The number of amides is 1. The van der Waals surface area contributed by atoms with E-state index in [9.17, 15) is 14.4 Å². The third-order valence-electron chi connectivity index (χ3n) is 3.99. The second-order valence-electron chi connectivity index (χ2n) is 6.03. The zero-order chi connectivity index (χ0) is 20.6. The summed E-state index contributed by atoms with van der Waals surface area (Å²) in [6.45, 7) is -0.240. The van der Waals surface area contributed by atoms with Gasteiger partial charge in [0, 0.05) is 21.8 Å². The van der Waals surface area contributed by atoms with Crippen molar-refractivity contribution in [3.63, 3.8) is 0 Å². The molecule has 1 N–H and O–H groups in total. The van der Waals surface area contributed by atoms with Gasteiger partial charge in [-0.3, -0.25) is 4.79 Å². The molecule has 0 aromatic heterocycles. The van der Waals surface area contributed by atoms with Crippen molar-refractivity contribution in [3.05, 3.63) is 94.8 Å². The number of hydrogen-bond acceptors (Lipinski definition) is 3. The van der Waals surface area contributed by atoms with Crippen molar-refractivity contribution in [2.24, 2.45) is 0 Å². The zero-order valence-electron chi connectivity index (χ0n) is 15.2. The van der Waals surface area contributed by atoms with E-state index in [1.54, 1.807) is 54.6 Å². The van der Waals surface area contributed by atoms with E-state index >= 15 is 0 Å². The summed E-state index contributed by atoms with van der Waals surface area (Å²) in [7, 11) is 0. The van der Waals surface area contributed by atoms with E-state index in [1.165, 1.54) is 24.3 Å². The van der Waals surface area contributed by atoms with Crippen LogP contribution in [0.3, 0.4) is 0 Å². The van der Waals surface area contributed by atoms with Gasteiger partial charge >= 0.3 is 0 Å². The molecule has 0 bridgehead atoms. The van der Waals surface area contributed by atoms with Crippen LogP contribution in [0.1, 0.15) is 11.1 Å². The van der Waals surface area contributed by atoms with Gasteiger partial charge < -0.3 is 10.1 Å². The van der Waals surface area contributed by atoms with E-state index in [1.807, 2.05) is 0 Å². The van der Waals surface area contributed by atoms with Crippen molar-refractivity contribution < 1.29 is 13.9 Å². The Bertz CT molecular complexity index is 1090. The lowest BCUT2D eigenvalue weighted by molar-refractivity contribution is -0.118. The molecule has 0 aliphatic rings. The summed E-state index contributed by atoms with van der Waals surface area (Å²) >= 11 is 6.19. The molecule has 0 spiro atoms. The van der Waals surface area contributed by atoms with E-state index in [4.69, 9.17) is 16.3 Å². The molecule has 144 valence electrons. The first-order valence-electron chi connectivity index (χ1n) is 8.71. The molecule has 1 amide bonds. The molecular weight excluding hydrogens is 391 g/mol. The molecule has 0 saturated carbocycles. The number of carbonyl (C=O) groups is 1. The van der Waals surface area contributed by atoms with E-state index in [0.29, 0.717) is 33.2 Å². The van der Waals surface area contributed by atoms with Crippen LogP contribution >= 0.6 is 11.6 Å². The second-order valence-corrected chi connectivity index (χ2v) is 6.44. The van der Waals surface area contributed by atoms with Crippen LogP contribution in [0.2, 0.25) is 5.02 Å². The SMILES string of the molecule is N#CC(=Cc1ccccc1OCC(=O)Nc1ccc(F)cc1)c1ccccc1Cl. The highest BCUT2D eigenvalue weighted by Gasteiger charge is 2.10. The second kappa shape index (κ2) is 9.54. The first kappa shape index (κ1) is 20.1. The highest BCUT2D eigenvalue weighted by atomic mass is 35.5.